The highest BCUT2D eigenvalue weighted by atomic mass is 35.5. The fourth-order valence-corrected chi connectivity index (χ4v) is 2.13. The first-order valence-electron chi connectivity index (χ1n) is 6.94. The molecule has 0 aliphatic carbocycles. The first-order valence-corrected chi connectivity index (χ1v) is 7.32. The molecule has 0 saturated carbocycles. The van der Waals surface area contributed by atoms with Crippen LogP contribution in [0.15, 0.2) is 42.5 Å². The summed E-state index contributed by atoms with van der Waals surface area (Å²) in [6, 6.07) is 11.4. The van der Waals surface area contributed by atoms with Crippen molar-refractivity contribution in [2.45, 2.75) is 6.54 Å². The lowest BCUT2D eigenvalue weighted by molar-refractivity contribution is -0.132. The summed E-state index contributed by atoms with van der Waals surface area (Å²) in [7, 11) is 3.28. The SMILES string of the molecule is COc1cccc(CN(C)C(=O)COc2ccc(F)c(Cl)c2)c1. The van der Waals surface area contributed by atoms with Crippen molar-refractivity contribution in [3.63, 3.8) is 0 Å². The van der Waals surface area contributed by atoms with E-state index in [2.05, 4.69) is 0 Å². The third kappa shape index (κ3) is 4.86. The first kappa shape index (κ1) is 17.1. The summed E-state index contributed by atoms with van der Waals surface area (Å²) in [6.07, 6.45) is 0. The maximum Gasteiger partial charge on any atom is 0.260 e. The van der Waals surface area contributed by atoms with E-state index < -0.39 is 5.82 Å². The Morgan fingerprint density at radius 2 is 2.00 bits per heavy atom. The number of carbonyl (C=O) groups is 1. The molecule has 2 aromatic carbocycles. The number of rotatable bonds is 6. The van der Waals surface area contributed by atoms with Gasteiger partial charge in [-0.15, -0.1) is 0 Å². The standard InChI is InChI=1S/C17H17ClFNO3/c1-20(10-12-4-3-5-13(8-12)22-2)17(21)11-23-14-6-7-16(19)15(18)9-14/h3-9H,10-11H2,1-2H3. The predicted octanol–water partition coefficient (Wildman–Crippen LogP) is 3.53. The number of carbonyl (C=O) groups excluding carboxylic acids is 1. The fraction of sp³-hybridized carbons (Fsp3) is 0.235. The van der Waals surface area contributed by atoms with Gasteiger partial charge in [0.2, 0.25) is 0 Å². The molecule has 122 valence electrons. The Hall–Kier alpha value is -2.27. The highest BCUT2D eigenvalue weighted by Crippen LogP contribution is 2.21. The van der Waals surface area contributed by atoms with Gasteiger partial charge in [-0.25, -0.2) is 4.39 Å². The zero-order valence-electron chi connectivity index (χ0n) is 12.9. The Kier molecular flexibility index (Phi) is 5.82. The van der Waals surface area contributed by atoms with Crippen molar-refractivity contribution in [2.75, 3.05) is 20.8 Å². The maximum absolute atomic E-state index is 13.1. The molecule has 0 unspecified atom stereocenters. The summed E-state index contributed by atoms with van der Waals surface area (Å²) >= 11 is 5.67. The molecule has 0 saturated heterocycles. The van der Waals surface area contributed by atoms with Crippen LogP contribution < -0.4 is 9.47 Å². The highest BCUT2D eigenvalue weighted by Gasteiger charge is 2.11. The molecule has 4 nitrogen and oxygen atoms in total. The van der Waals surface area contributed by atoms with Crippen LogP contribution in [0.5, 0.6) is 11.5 Å². The van der Waals surface area contributed by atoms with Crippen molar-refractivity contribution in [3.8, 4) is 11.5 Å². The molecule has 0 atom stereocenters. The van der Waals surface area contributed by atoms with Gasteiger partial charge >= 0.3 is 0 Å². The Morgan fingerprint density at radius 3 is 2.70 bits per heavy atom. The van der Waals surface area contributed by atoms with Crippen LogP contribution in [0.3, 0.4) is 0 Å². The Morgan fingerprint density at radius 1 is 1.22 bits per heavy atom. The minimum Gasteiger partial charge on any atom is -0.497 e. The van der Waals surface area contributed by atoms with Gasteiger partial charge in [-0.2, -0.15) is 0 Å². The molecule has 0 aromatic heterocycles. The van der Waals surface area contributed by atoms with Crippen molar-refractivity contribution in [3.05, 3.63) is 58.9 Å². The molecule has 0 N–H and O–H groups in total. The lowest BCUT2D eigenvalue weighted by atomic mass is 10.2. The average Bonchev–Trinajstić information content (AvgIpc) is 2.55. The number of halogens is 2. The van der Waals surface area contributed by atoms with Gasteiger partial charge in [0.05, 0.1) is 12.1 Å². The van der Waals surface area contributed by atoms with Gasteiger partial charge in [-0.05, 0) is 29.8 Å². The monoisotopic (exact) mass is 337 g/mol. The summed E-state index contributed by atoms with van der Waals surface area (Å²) < 4.78 is 23.5. The van der Waals surface area contributed by atoms with Crippen LogP contribution in [0.2, 0.25) is 5.02 Å². The van der Waals surface area contributed by atoms with E-state index in [0.29, 0.717) is 12.3 Å². The van der Waals surface area contributed by atoms with Crippen LogP contribution >= 0.6 is 11.6 Å². The van der Waals surface area contributed by atoms with Gasteiger partial charge < -0.3 is 14.4 Å². The molecule has 0 spiro atoms. The van der Waals surface area contributed by atoms with E-state index in [-0.39, 0.29) is 17.5 Å². The summed E-state index contributed by atoms with van der Waals surface area (Å²) in [5, 5.41) is -0.0420. The van der Waals surface area contributed by atoms with Crippen LogP contribution in [0.4, 0.5) is 4.39 Å². The van der Waals surface area contributed by atoms with Crippen LogP contribution in [0.1, 0.15) is 5.56 Å². The number of benzene rings is 2. The topological polar surface area (TPSA) is 38.8 Å². The molecular weight excluding hydrogens is 321 g/mol. The van der Waals surface area contributed by atoms with Gasteiger partial charge in [0.15, 0.2) is 6.61 Å². The van der Waals surface area contributed by atoms with E-state index >= 15 is 0 Å². The second-order valence-corrected chi connectivity index (χ2v) is 5.37. The smallest absolute Gasteiger partial charge is 0.260 e. The second-order valence-electron chi connectivity index (χ2n) is 4.97. The molecule has 6 heteroatoms. The summed E-state index contributed by atoms with van der Waals surface area (Å²) in [6.45, 7) is 0.284. The predicted molar refractivity (Wildman–Crippen MR) is 86.4 cm³/mol. The zero-order valence-corrected chi connectivity index (χ0v) is 13.6. The van der Waals surface area contributed by atoms with Gasteiger partial charge in [-0.3, -0.25) is 4.79 Å². The van der Waals surface area contributed by atoms with Crippen molar-refractivity contribution >= 4 is 17.5 Å². The van der Waals surface area contributed by atoms with E-state index in [0.717, 1.165) is 11.3 Å². The van der Waals surface area contributed by atoms with Crippen LogP contribution in [0.25, 0.3) is 0 Å². The third-order valence-electron chi connectivity index (χ3n) is 3.23. The van der Waals surface area contributed by atoms with Crippen molar-refractivity contribution in [1.29, 1.82) is 0 Å². The normalized spacial score (nSPS) is 10.3. The number of nitrogens with zero attached hydrogens (tertiary/aromatic N) is 1. The highest BCUT2D eigenvalue weighted by molar-refractivity contribution is 6.30. The van der Waals surface area contributed by atoms with Crippen molar-refractivity contribution in [1.82, 2.24) is 4.90 Å². The molecule has 0 aliphatic heterocycles. The Labute approximate surface area is 139 Å². The van der Waals surface area contributed by atoms with Crippen molar-refractivity contribution in [2.24, 2.45) is 0 Å². The van der Waals surface area contributed by atoms with E-state index in [1.54, 1.807) is 19.1 Å². The number of likely N-dealkylation sites (N-methyl/N-ethyl adjacent to an activating group) is 1. The Bertz CT molecular complexity index is 693. The molecule has 0 heterocycles. The third-order valence-corrected chi connectivity index (χ3v) is 3.52. The van der Waals surface area contributed by atoms with Gasteiger partial charge in [0.25, 0.3) is 5.91 Å². The summed E-state index contributed by atoms with van der Waals surface area (Å²) in [5.41, 5.74) is 0.949. The first-order chi connectivity index (χ1) is 11.0. The average molecular weight is 338 g/mol. The number of methoxy groups -OCH3 is 1. The summed E-state index contributed by atoms with van der Waals surface area (Å²) in [4.78, 5) is 13.6. The quantitative estimate of drug-likeness (QED) is 0.809. The fourth-order valence-electron chi connectivity index (χ4n) is 1.95. The van der Waals surface area contributed by atoms with Gasteiger partial charge in [-0.1, -0.05) is 23.7 Å². The lowest BCUT2D eigenvalue weighted by Crippen LogP contribution is -2.30. The molecule has 2 aromatic rings. The number of amides is 1. The second kappa shape index (κ2) is 7.83. The molecular formula is C17H17ClFNO3. The minimum atomic E-state index is -0.527. The Balaban J connectivity index is 1.90. The van der Waals surface area contributed by atoms with Crippen molar-refractivity contribution < 1.29 is 18.7 Å². The largest absolute Gasteiger partial charge is 0.497 e. The number of hydrogen-bond donors (Lipinski definition) is 0. The van der Waals surface area contributed by atoms with Gasteiger partial charge in [0, 0.05) is 19.7 Å². The number of hydrogen-bond acceptors (Lipinski definition) is 3. The van der Waals surface area contributed by atoms with Crippen LogP contribution in [-0.4, -0.2) is 31.6 Å². The van der Waals surface area contributed by atoms with E-state index in [4.69, 9.17) is 21.1 Å². The minimum absolute atomic E-state index is 0.0420. The molecule has 0 bridgehead atoms. The van der Waals surface area contributed by atoms with E-state index in [1.165, 1.54) is 18.2 Å². The van der Waals surface area contributed by atoms with Gasteiger partial charge in [0.1, 0.15) is 17.3 Å². The van der Waals surface area contributed by atoms with E-state index in [1.807, 2.05) is 24.3 Å². The van der Waals surface area contributed by atoms with Crippen LogP contribution in [0, 0.1) is 5.82 Å². The number of ether oxygens (including phenoxy) is 2. The molecule has 0 aliphatic rings. The van der Waals surface area contributed by atoms with Crippen LogP contribution in [-0.2, 0) is 11.3 Å². The van der Waals surface area contributed by atoms with E-state index in [9.17, 15) is 9.18 Å². The molecule has 23 heavy (non-hydrogen) atoms. The molecule has 0 fully saturated rings. The molecule has 0 radical (unpaired) electrons. The maximum atomic E-state index is 13.1. The molecule has 2 rings (SSSR count). The lowest BCUT2D eigenvalue weighted by Gasteiger charge is -2.18. The molecule has 1 amide bonds. The summed E-state index contributed by atoms with van der Waals surface area (Å²) in [5.74, 6) is 0.355. The zero-order chi connectivity index (χ0) is 16.8.